The van der Waals surface area contributed by atoms with Crippen LogP contribution >= 0.6 is 0 Å². The van der Waals surface area contributed by atoms with Crippen LogP contribution < -0.4 is 0 Å². The van der Waals surface area contributed by atoms with Crippen molar-refractivity contribution in [2.75, 3.05) is 6.61 Å². The minimum absolute atomic E-state index is 0.0493. The summed E-state index contributed by atoms with van der Waals surface area (Å²) in [6.45, 7) is 3.37. The molecular weight excluding hydrogens is 280 g/mol. The Balaban J connectivity index is 2.44. The molecule has 2 aromatic carbocycles. The summed E-state index contributed by atoms with van der Waals surface area (Å²) in [6, 6.07) is 10.1. The number of phenolic OH excluding ortho intramolecular Hbond substituents is 2. The normalized spacial score (nSPS) is 12.1. The summed E-state index contributed by atoms with van der Waals surface area (Å²) in [5, 5.41) is 38.6. The van der Waals surface area contributed by atoms with Gasteiger partial charge < -0.3 is 20.4 Å². The molecule has 0 saturated carbocycles. The number of benzene rings is 2. The highest BCUT2D eigenvalue weighted by molar-refractivity contribution is 5.76. The first-order valence-corrected chi connectivity index (χ1v) is 7.09. The molecule has 0 heterocycles. The average molecular weight is 300 g/mol. The van der Waals surface area contributed by atoms with E-state index in [4.69, 9.17) is 5.11 Å². The van der Waals surface area contributed by atoms with E-state index in [-0.39, 0.29) is 24.5 Å². The van der Waals surface area contributed by atoms with Crippen molar-refractivity contribution >= 4 is 0 Å². The van der Waals surface area contributed by atoms with Crippen molar-refractivity contribution in [1.82, 2.24) is 0 Å². The number of phenols is 2. The van der Waals surface area contributed by atoms with Gasteiger partial charge in [-0.25, -0.2) is 0 Å². The van der Waals surface area contributed by atoms with Crippen molar-refractivity contribution in [3.05, 3.63) is 60.2 Å². The van der Waals surface area contributed by atoms with Crippen molar-refractivity contribution in [3.8, 4) is 22.6 Å². The van der Waals surface area contributed by atoms with Gasteiger partial charge in [0, 0.05) is 17.5 Å². The van der Waals surface area contributed by atoms with Crippen LogP contribution in [-0.2, 0) is 12.8 Å². The third-order valence-corrected chi connectivity index (χ3v) is 3.47. The van der Waals surface area contributed by atoms with E-state index in [0.29, 0.717) is 17.5 Å². The third-order valence-electron chi connectivity index (χ3n) is 3.47. The van der Waals surface area contributed by atoms with Gasteiger partial charge in [-0.05, 0) is 41.8 Å². The van der Waals surface area contributed by atoms with Crippen molar-refractivity contribution in [1.29, 1.82) is 0 Å². The molecule has 4 N–H and O–H groups in total. The quantitative estimate of drug-likeness (QED) is 0.618. The minimum atomic E-state index is -0.849. The molecule has 0 radical (unpaired) electrons. The predicted octanol–water partition coefficient (Wildman–Crippen LogP) is 2.39. The summed E-state index contributed by atoms with van der Waals surface area (Å²) >= 11 is 0. The average Bonchev–Trinajstić information content (AvgIpc) is 2.51. The monoisotopic (exact) mass is 300 g/mol. The molecule has 4 heteroatoms. The molecule has 0 aliphatic heterocycles. The Labute approximate surface area is 129 Å². The van der Waals surface area contributed by atoms with Crippen LogP contribution in [0.2, 0.25) is 0 Å². The molecule has 0 aromatic heterocycles. The Morgan fingerprint density at radius 3 is 2.05 bits per heavy atom. The first-order chi connectivity index (χ1) is 10.5. The van der Waals surface area contributed by atoms with Crippen molar-refractivity contribution < 1.29 is 20.4 Å². The molecule has 1 atom stereocenters. The molecular formula is C18H20O4. The highest BCUT2D eigenvalue weighted by Crippen LogP contribution is 2.36. The third kappa shape index (κ3) is 3.67. The molecule has 4 nitrogen and oxygen atoms in total. The van der Waals surface area contributed by atoms with Crippen LogP contribution in [0, 0.1) is 0 Å². The van der Waals surface area contributed by atoms with Crippen molar-refractivity contribution in [2.24, 2.45) is 0 Å². The van der Waals surface area contributed by atoms with Crippen LogP contribution in [-0.4, -0.2) is 33.1 Å². The summed E-state index contributed by atoms with van der Waals surface area (Å²) in [6.07, 6.45) is 1.86. The summed E-state index contributed by atoms with van der Waals surface area (Å²) in [4.78, 5) is 0. The maximum Gasteiger partial charge on any atom is 0.123 e. The number of aliphatic hydroxyl groups is 2. The second kappa shape index (κ2) is 7.11. The molecule has 0 aliphatic rings. The number of hydrogen-bond donors (Lipinski definition) is 4. The molecule has 2 rings (SSSR count). The Kier molecular flexibility index (Phi) is 5.20. The second-order valence-electron chi connectivity index (χ2n) is 5.24. The van der Waals surface area contributed by atoms with Gasteiger partial charge in [0.25, 0.3) is 0 Å². The molecule has 2 aromatic rings. The topological polar surface area (TPSA) is 80.9 Å². The second-order valence-corrected chi connectivity index (χ2v) is 5.24. The van der Waals surface area contributed by atoms with E-state index in [0.717, 1.165) is 11.1 Å². The largest absolute Gasteiger partial charge is 0.507 e. The fraction of sp³-hybridized carbons (Fsp3) is 0.222. The molecule has 0 unspecified atom stereocenters. The van der Waals surface area contributed by atoms with E-state index in [9.17, 15) is 15.3 Å². The molecule has 0 aliphatic carbocycles. The van der Waals surface area contributed by atoms with Crippen LogP contribution in [0.5, 0.6) is 11.5 Å². The Morgan fingerprint density at radius 2 is 1.50 bits per heavy atom. The van der Waals surface area contributed by atoms with Crippen LogP contribution in [0.4, 0.5) is 0 Å². The molecule has 0 bridgehead atoms. The van der Waals surface area contributed by atoms with Gasteiger partial charge in [0.1, 0.15) is 11.5 Å². The number of allylic oxidation sites excluding steroid dienone is 1. The summed E-state index contributed by atoms with van der Waals surface area (Å²) in [5.74, 6) is 0.122. The highest BCUT2D eigenvalue weighted by Gasteiger charge is 2.12. The molecule has 0 saturated heterocycles. The standard InChI is InChI=1S/C18H20O4/c1-2-3-12-4-6-17(21)15(9-12)16-10-13(5-7-18(16)22)8-14(20)11-19/h2,4-7,9-10,14,19-22H,1,3,8,11H2/t14-/m0/s1. The van der Waals surface area contributed by atoms with E-state index in [2.05, 4.69) is 6.58 Å². The van der Waals surface area contributed by atoms with Gasteiger partial charge in [-0.15, -0.1) is 6.58 Å². The van der Waals surface area contributed by atoms with Crippen LogP contribution in [0.1, 0.15) is 11.1 Å². The number of rotatable bonds is 6. The fourth-order valence-corrected chi connectivity index (χ4v) is 2.36. The van der Waals surface area contributed by atoms with Gasteiger partial charge in [0.2, 0.25) is 0 Å². The van der Waals surface area contributed by atoms with Gasteiger partial charge in [0.05, 0.1) is 12.7 Å². The number of hydrogen-bond acceptors (Lipinski definition) is 4. The van der Waals surface area contributed by atoms with Gasteiger partial charge in [-0.2, -0.15) is 0 Å². The van der Waals surface area contributed by atoms with Crippen molar-refractivity contribution in [2.45, 2.75) is 18.9 Å². The molecule has 116 valence electrons. The SMILES string of the molecule is C=CCc1ccc(O)c(-c2cc(C[C@H](O)CO)ccc2O)c1. The van der Waals surface area contributed by atoms with Gasteiger partial charge in [-0.1, -0.05) is 18.2 Å². The van der Waals surface area contributed by atoms with Crippen LogP contribution in [0.3, 0.4) is 0 Å². The van der Waals surface area contributed by atoms with E-state index in [1.807, 2.05) is 0 Å². The lowest BCUT2D eigenvalue weighted by Gasteiger charge is -2.12. The van der Waals surface area contributed by atoms with Crippen molar-refractivity contribution in [3.63, 3.8) is 0 Å². The predicted molar refractivity (Wildman–Crippen MR) is 85.9 cm³/mol. The first kappa shape index (κ1) is 16.1. The van der Waals surface area contributed by atoms with Crippen LogP contribution in [0.15, 0.2) is 49.1 Å². The number of aliphatic hydroxyl groups excluding tert-OH is 2. The summed E-state index contributed by atoms with van der Waals surface area (Å²) in [7, 11) is 0. The smallest absolute Gasteiger partial charge is 0.123 e. The lowest BCUT2D eigenvalue weighted by Crippen LogP contribution is -2.14. The van der Waals surface area contributed by atoms with E-state index in [1.165, 1.54) is 6.07 Å². The van der Waals surface area contributed by atoms with E-state index >= 15 is 0 Å². The van der Waals surface area contributed by atoms with Crippen LogP contribution in [0.25, 0.3) is 11.1 Å². The van der Waals surface area contributed by atoms with Gasteiger partial charge >= 0.3 is 0 Å². The summed E-state index contributed by atoms with van der Waals surface area (Å²) in [5.41, 5.74) is 2.76. The first-order valence-electron chi connectivity index (χ1n) is 7.09. The highest BCUT2D eigenvalue weighted by atomic mass is 16.3. The zero-order chi connectivity index (χ0) is 16.1. The molecule has 0 spiro atoms. The fourth-order valence-electron chi connectivity index (χ4n) is 2.36. The Morgan fingerprint density at radius 1 is 0.955 bits per heavy atom. The van der Waals surface area contributed by atoms with E-state index in [1.54, 1.807) is 36.4 Å². The minimum Gasteiger partial charge on any atom is -0.507 e. The van der Waals surface area contributed by atoms with Gasteiger partial charge in [-0.3, -0.25) is 0 Å². The zero-order valence-corrected chi connectivity index (χ0v) is 12.2. The zero-order valence-electron chi connectivity index (χ0n) is 12.2. The molecule has 0 amide bonds. The summed E-state index contributed by atoms with van der Waals surface area (Å²) < 4.78 is 0. The maximum atomic E-state index is 10.1. The molecule has 0 fully saturated rings. The van der Waals surface area contributed by atoms with E-state index < -0.39 is 6.10 Å². The van der Waals surface area contributed by atoms with Gasteiger partial charge in [0.15, 0.2) is 0 Å². The Hall–Kier alpha value is -2.30. The Bertz CT molecular complexity index is 664. The molecule has 22 heavy (non-hydrogen) atoms. The maximum absolute atomic E-state index is 10.1. The lowest BCUT2D eigenvalue weighted by atomic mass is 9.96. The lowest BCUT2D eigenvalue weighted by molar-refractivity contribution is 0.0955. The number of aromatic hydroxyl groups is 2.